The van der Waals surface area contributed by atoms with Crippen molar-refractivity contribution in [3.8, 4) is 0 Å². The van der Waals surface area contributed by atoms with Crippen LogP contribution >= 0.6 is 0 Å². The van der Waals surface area contributed by atoms with Crippen LogP contribution in [0.25, 0.3) is 10.9 Å². The van der Waals surface area contributed by atoms with E-state index in [0.29, 0.717) is 6.04 Å². The molecule has 1 aromatic heterocycles. The maximum Gasteiger partial charge on any atom is 0.0702 e. The maximum atomic E-state index is 4.36. The van der Waals surface area contributed by atoms with E-state index in [2.05, 4.69) is 48.4 Å². The van der Waals surface area contributed by atoms with E-state index >= 15 is 0 Å². The van der Waals surface area contributed by atoms with Gasteiger partial charge in [-0.3, -0.25) is 4.98 Å². The first kappa shape index (κ1) is 14.0. The molecule has 1 unspecified atom stereocenters. The summed E-state index contributed by atoms with van der Waals surface area (Å²) in [5.41, 5.74) is 2.50. The van der Waals surface area contributed by atoms with Crippen LogP contribution in [0, 0.1) is 0 Å². The van der Waals surface area contributed by atoms with Gasteiger partial charge in [0.2, 0.25) is 0 Å². The summed E-state index contributed by atoms with van der Waals surface area (Å²) < 4.78 is 0. The minimum absolute atomic E-state index is 0.652. The number of aromatic nitrogens is 1. The topological polar surface area (TPSA) is 24.9 Å². The number of nitrogens with one attached hydrogen (secondary N) is 1. The predicted octanol–water partition coefficient (Wildman–Crippen LogP) is 3.95. The van der Waals surface area contributed by atoms with E-state index in [1.54, 1.807) is 0 Å². The van der Waals surface area contributed by atoms with E-state index < -0.39 is 0 Å². The van der Waals surface area contributed by atoms with Gasteiger partial charge < -0.3 is 5.32 Å². The average molecular weight is 256 g/mol. The first-order chi connectivity index (χ1) is 9.33. The molecule has 19 heavy (non-hydrogen) atoms. The lowest BCUT2D eigenvalue weighted by Crippen LogP contribution is -2.29. The molecule has 1 N–H and O–H groups in total. The Morgan fingerprint density at radius 3 is 2.84 bits per heavy atom. The van der Waals surface area contributed by atoms with Crippen LogP contribution in [-0.4, -0.2) is 17.6 Å². The summed E-state index contributed by atoms with van der Waals surface area (Å²) >= 11 is 0. The lowest BCUT2D eigenvalue weighted by Gasteiger charge is -2.17. The molecule has 1 heterocycles. The minimum atomic E-state index is 0.652. The molecule has 1 aromatic carbocycles. The molecule has 1 atom stereocenters. The van der Waals surface area contributed by atoms with Gasteiger partial charge in [-0.05, 0) is 49.6 Å². The van der Waals surface area contributed by atoms with Gasteiger partial charge in [0.25, 0.3) is 0 Å². The van der Waals surface area contributed by atoms with Crippen molar-refractivity contribution in [1.82, 2.24) is 10.3 Å². The Kier molecular flexibility index (Phi) is 5.34. The zero-order valence-corrected chi connectivity index (χ0v) is 12.0. The van der Waals surface area contributed by atoms with Gasteiger partial charge in [-0.15, -0.1) is 0 Å². The molecule has 0 bridgehead atoms. The molecule has 2 aromatic rings. The largest absolute Gasteiger partial charge is 0.314 e. The molecule has 0 aliphatic carbocycles. The SMILES string of the molecule is CCCC(CCc1ccc2ncccc2c1)NCC. The number of benzene rings is 1. The highest BCUT2D eigenvalue weighted by molar-refractivity contribution is 5.78. The molecule has 0 amide bonds. The van der Waals surface area contributed by atoms with Crippen molar-refractivity contribution in [3.63, 3.8) is 0 Å². The van der Waals surface area contributed by atoms with Gasteiger partial charge in [0, 0.05) is 17.6 Å². The van der Waals surface area contributed by atoms with Crippen LogP contribution in [-0.2, 0) is 6.42 Å². The fraction of sp³-hybridized carbons (Fsp3) is 0.471. The summed E-state index contributed by atoms with van der Waals surface area (Å²) in [7, 11) is 0. The van der Waals surface area contributed by atoms with Crippen molar-refractivity contribution in [2.45, 2.75) is 45.6 Å². The smallest absolute Gasteiger partial charge is 0.0702 e. The molecule has 2 heteroatoms. The first-order valence-electron chi connectivity index (χ1n) is 7.40. The molecule has 0 saturated carbocycles. The zero-order chi connectivity index (χ0) is 13.5. The number of hydrogen-bond acceptors (Lipinski definition) is 2. The zero-order valence-electron chi connectivity index (χ0n) is 12.0. The minimum Gasteiger partial charge on any atom is -0.314 e. The predicted molar refractivity (Wildman–Crippen MR) is 82.4 cm³/mol. The third kappa shape index (κ3) is 4.03. The van der Waals surface area contributed by atoms with Crippen LogP contribution in [0.4, 0.5) is 0 Å². The van der Waals surface area contributed by atoms with Gasteiger partial charge >= 0.3 is 0 Å². The fourth-order valence-corrected chi connectivity index (χ4v) is 2.61. The molecule has 102 valence electrons. The lowest BCUT2D eigenvalue weighted by molar-refractivity contribution is 0.460. The second-order valence-electron chi connectivity index (χ2n) is 5.11. The number of rotatable bonds is 7. The van der Waals surface area contributed by atoms with Crippen LogP contribution in [0.3, 0.4) is 0 Å². The normalized spacial score (nSPS) is 12.7. The Bertz CT molecular complexity index is 501. The van der Waals surface area contributed by atoms with E-state index in [4.69, 9.17) is 0 Å². The van der Waals surface area contributed by atoms with Crippen molar-refractivity contribution >= 4 is 10.9 Å². The van der Waals surface area contributed by atoms with Gasteiger partial charge in [-0.1, -0.05) is 32.4 Å². The van der Waals surface area contributed by atoms with Crippen LogP contribution in [0.1, 0.15) is 38.7 Å². The molecule has 2 rings (SSSR count). The van der Waals surface area contributed by atoms with E-state index in [1.807, 2.05) is 12.3 Å². The van der Waals surface area contributed by atoms with Gasteiger partial charge in [0.1, 0.15) is 0 Å². The van der Waals surface area contributed by atoms with Crippen molar-refractivity contribution < 1.29 is 0 Å². The van der Waals surface area contributed by atoms with E-state index in [9.17, 15) is 0 Å². The molecule has 0 aliphatic heterocycles. The average Bonchev–Trinajstić information content (AvgIpc) is 2.45. The molecule has 0 aliphatic rings. The summed E-state index contributed by atoms with van der Waals surface area (Å²) in [6.07, 6.45) is 6.72. The summed E-state index contributed by atoms with van der Waals surface area (Å²) in [6.45, 7) is 5.50. The Morgan fingerprint density at radius 1 is 1.16 bits per heavy atom. The van der Waals surface area contributed by atoms with Crippen LogP contribution in [0.15, 0.2) is 36.5 Å². The standard InChI is InChI=1S/C17H24N2/c1-3-6-16(18-4-2)10-8-14-9-11-17-15(13-14)7-5-12-19-17/h5,7,9,11-13,16,18H,3-4,6,8,10H2,1-2H3. The molecule has 2 nitrogen and oxygen atoms in total. The lowest BCUT2D eigenvalue weighted by atomic mass is 10.0. The van der Waals surface area contributed by atoms with Gasteiger partial charge in [0.15, 0.2) is 0 Å². The van der Waals surface area contributed by atoms with Crippen LogP contribution in [0.5, 0.6) is 0 Å². The van der Waals surface area contributed by atoms with Gasteiger partial charge in [0.05, 0.1) is 5.52 Å². The number of fused-ring (bicyclic) bond motifs is 1. The van der Waals surface area contributed by atoms with Gasteiger partial charge in [-0.25, -0.2) is 0 Å². The molecule has 0 spiro atoms. The van der Waals surface area contributed by atoms with Gasteiger partial charge in [-0.2, -0.15) is 0 Å². The van der Waals surface area contributed by atoms with Crippen molar-refractivity contribution in [2.24, 2.45) is 0 Å². The van der Waals surface area contributed by atoms with Crippen molar-refractivity contribution in [1.29, 1.82) is 0 Å². The Labute approximate surface area is 116 Å². The first-order valence-corrected chi connectivity index (χ1v) is 7.40. The molecule has 0 radical (unpaired) electrons. The number of hydrogen-bond donors (Lipinski definition) is 1. The fourth-order valence-electron chi connectivity index (χ4n) is 2.61. The number of nitrogens with zero attached hydrogens (tertiary/aromatic N) is 1. The Morgan fingerprint density at radius 2 is 2.05 bits per heavy atom. The molecular weight excluding hydrogens is 232 g/mol. The number of aryl methyl sites for hydroxylation is 1. The Balaban J connectivity index is 2.00. The van der Waals surface area contributed by atoms with Crippen LogP contribution in [0.2, 0.25) is 0 Å². The highest BCUT2D eigenvalue weighted by Gasteiger charge is 2.06. The Hall–Kier alpha value is -1.41. The second-order valence-corrected chi connectivity index (χ2v) is 5.11. The summed E-state index contributed by atoms with van der Waals surface area (Å²) in [5, 5.41) is 4.82. The quantitative estimate of drug-likeness (QED) is 0.811. The number of pyridine rings is 1. The highest BCUT2D eigenvalue weighted by Crippen LogP contribution is 2.16. The third-order valence-electron chi connectivity index (χ3n) is 3.58. The monoisotopic (exact) mass is 256 g/mol. The van der Waals surface area contributed by atoms with Crippen molar-refractivity contribution in [3.05, 3.63) is 42.1 Å². The molecular formula is C17H24N2. The summed E-state index contributed by atoms with van der Waals surface area (Å²) in [4.78, 5) is 4.36. The third-order valence-corrected chi connectivity index (χ3v) is 3.58. The molecule has 0 saturated heterocycles. The second kappa shape index (κ2) is 7.25. The summed E-state index contributed by atoms with van der Waals surface area (Å²) in [6, 6.07) is 11.4. The van der Waals surface area contributed by atoms with E-state index in [-0.39, 0.29) is 0 Å². The van der Waals surface area contributed by atoms with Crippen molar-refractivity contribution in [2.75, 3.05) is 6.54 Å². The molecule has 0 fully saturated rings. The van der Waals surface area contributed by atoms with E-state index in [1.165, 1.54) is 30.2 Å². The van der Waals surface area contributed by atoms with Crippen LogP contribution < -0.4 is 5.32 Å². The van der Waals surface area contributed by atoms with E-state index in [0.717, 1.165) is 18.5 Å². The summed E-state index contributed by atoms with van der Waals surface area (Å²) in [5.74, 6) is 0. The maximum absolute atomic E-state index is 4.36. The highest BCUT2D eigenvalue weighted by atomic mass is 14.9.